The van der Waals surface area contributed by atoms with Gasteiger partial charge in [-0.15, -0.1) is 6.42 Å². The zero-order valence-electron chi connectivity index (χ0n) is 16.5. The molecule has 0 saturated carbocycles. The molecule has 0 spiro atoms. The fraction of sp³-hybridized carbons (Fsp3) is 0.286. The zero-order chi connectivity index (χ0) is 20.9. The van der Waals surface area contributed by atoms with Gasteiger partial charge in [0.25, 0.3) is 0 Å². The molecule has 148 valence electrons. The number of anilines is 2. The number of nitrogens with one attached hydrogen (secondary N) is 3. The van der Waals surface area contributed by atoms with Crippen LogP contribution in [0.4, 0.5) is 16.2 Å². The maximum absolute atomic E-state index is 12.1. The third-order valence-electron chi connectivity index (χ3n) is 4.00. The van der Waals surface area contributed by atoms with Crippen molar-refractivity contribution in [2.75, 3.05) is 16.3 Å². The molecular weight excluding hydrogens is 374 g/mol. The van der Waals surface area contributed by atoms with E-state index >= 15 is 0 Å². The Morgan fingerprint density at radius 1 is 1.11 bits per heavy atom. The minimum atomic E-state index is -3.42. The van der Waals surface area contributed by atoms with Crippen LogP contribution >= 0.6 is 0 Å². The quantitative estimate of drug-likeness (QED) is 0.671. The summed E-state index contributed by atoms with van der Waals surface area (Å²) in [4.78, 5) is 12.1. The van der Waals surface area contributed by atoms with Crippen LogP contribution in [0.1, 0.15) is 37.5 Å². The Morgan fingerprint density at radius 3 is 2.29 bits per heavy atom. The molecule has 0 radical (unpaired) electrons. The number of terminal acetylenes is 1. The van der Waals surface area contributed by atoms with Gasteiger partial charge in [-0.1, -0.05) is 44.9 Å². The van der Waals surface area contributed by atoms with Gasteiger partial charge in [-0.3, -0.25) is 4.72 Å². The van der Waals surface area contributed by atoms with Crippen LogP contribution in [-0.2, 0) is 22.0 Å². The summed E-state index contributed by atoms with van der Waals surface area (Å²) in [5.74, 6) is 2.45. The molecule has 0 atom stereocenters. The Kier molecular flexibility index (Phi) is 6.37. The van der Waals surface area contributed by atoms with Crippen molar-refractivity contribution < 1.29 is 13.2 Å². The highest BCUT2D eigenvalue weighted by Crippen LogP contribution is 2.23. The normalized spacial score (nSPS) is 11.4. The maximum atomic E-state index is 12.1. The second-order valence-electron chi connectivity index (χ2n) is 7.53. The summed E-state index contributed by atoms with van der Waals surface area (Å²) in [5, 5.41) is 5.53. The summed E-state index contributed by atoms with van der Waals surface area (Å²) in [7, 11) is -3.42. The first-order valence-electron chi connectivity index (χ1n) is 8.71. The van der Waals surface area contributed by atoms with E-state index in [1.807, 2.05) is 24.3 Å². The fourth-order valence-corrected chi connectivity index (χ4v) is 3.10. The number of benzene rings is 2. The van der Waals surface area contributed by atoms with Crippen molar-refractivity contribution in [1.82, 2.24) is 5.32 Å². The average Bonchev–Trinajstić information content (AvgIpc) is 2.59. The molecule has 0 aliphatic rings. The molecular formula is C21H25N3O3S. The van der Waals surface area contributed by atoms with E-state index in [2.05, 4.69) is 42.0 Å². The lowest BCUT2D eigenvalue weighted by molar-refractivity contribution is 0.251. The molecule has 0 unspecified atom stereocenters. The molecule has 6 nitrogen and oxygen atoms in total. The third-order valence-corrected chi connectivity index (χ3v) is 4.59. The van der Waals surface area contributed by atoms with Crippen molar-refractivity contribution in [3.63, 3.8) is 0 Å². The third kappa shape index (κ3) is 6.32. The Morgan fingerprint density at radius 2 is 1.75 bits per heavy atom. The molecule has 0 bridgehead atoms. The topological polar surface area (TPSA) is 87.3 Å². The van der Waals surface area contributed by atoms with Crippen LogP contribution in [0.25, 0.3) is 0 Å². The van der Waals surface area contributed by atoms with E-state index in [0.29, 0.717) is 16.9 Å². The van der Waals surface area contributed by atoms with Crippen LogP contribution in [0, 0.1) is 12.3 Å². The smallest absolute Gasteiger partial charge is 0.319 e. The van der Waals surface area contributed by atoms with Gasteiger partial charge in [0.2, 0.25) is 10.0 Å². The number of sulfonamides is 1. The summed E-state index contributed by atoms with van der Waals surface area (Å²) in [6.45, 7) is 6.63. The molecule has 0 heterocycles. The molecule has 0 aliphatic heterocycles. The van der Waals surface area contributed by atoms with Gasteiger partial charge < -0.3 is 10.6 Å². The molecule has 0 fully saturated rings. The number of rotatable bonds is 5. The van der Waals surface area contributed by atoms with Crippen LogP contribution in [0.15, 0.2) is 42.5 Å². The average molecular weight is 400 g/mol. The second-order valence-corrected chi connectivity index (χ2v) is 9.28. The minimum absolute atomic E-state index is 0.0493. The monoisotopic (exact) mass is 399 g/mol. The highest BCUT2D eigenvalue weighted by molar-refractivity contribution is 7.92. The van der Waals surface area contributed by atoms with Gasteiger partial charge >= 0.3 is 6.03 Å². The van der Waals surface area contributed by atoms with Gasteiger partial charge in [-0.2, -0.15) is 0 Å². The van der Waals surface area contributed by atoms with Crippen LogP contribution in [0.2, 0.25) is 0 Å². The Hall–Kier alpha value is -2.98. The molecule has 2 amide bonds. The lowest BCUT2D eigenvalue weighted by Crippen LogP contribution is -2.28. The minimum Gasteiger partial charge on any atom is -0.334 e. The number of urea groups is 1. The number of carbonyl (C=O) groups is 1. The van der Waals surface area contributed by atoms with Gasteiger partial charge in [0, 0.05) is 17.8 Å². The van der Waals surface area contributed by atoms with Gasteiger partial charge in [0.15, 0.2) is 0 Å². The Labute approximate surface area is 166 Å². The van der Waals surface area contributed by atoms with E-state index in [-0.39, 0.29) is 18.0 Å². The van der Waals surface area contributed by atoms with E-state index in [1.165, 1.54) is 5.56 Å². The summed E-state index contributed by atoms with van der Waals surface area (Å²) < 4.78 is 25.1. The Balaban J connectivity index is 1.98. The molecule has 3 N–H and O–H groups in total. The van der Waals surface area contributed by atoms with Crippen LogP contribution < -0.4 is 15.4 Å². The van der Waals surface area contributed by atoms with Crippen molar-refractivity contribution in [3.05, 3.63) is 59.2 Å². The highest BCUT2D eigenvalue weighted by atomic mass is 32.2. The van der Waals surface area contributed by atoms with Gasteiger partial charge in [-0.05, 0) is 40.8 Å². The van der Waals surface area contributed by atoms with Crippen molar-refractivity contribution in [3.8, 4) is 12.3 Å². The summed E-state index contributed by atoms with van der Waals surface area (Å²) in [6.07, 6.45) is 6.51. The van der Waals surface area contributed by atoms with Gasteiger partial charge in [0.05, 0.1) is 11.9 Å². The first-order chi connectivity index (χ1) is 13.0. The van der Waals surface area contributed by atoms with E-state index < -0.39 is 10.0 Å². The van der Waals surface area contributed by atoms with Crippen LogP contribution in [-0.4, -0.2) is 20.7 Å². The summed E-state index contributed by atoms with van der Waals surface area (Å²) in [6, 6.07) is 12.3. The van der Waals surface area contributed by atoms with Crippen molar-refractivity contribution in [1.29, 1.82) is 0 Å². The van der Waals surface area contributed by atoms with E-state index in [4.69, 9.17) is 6.42 Å². The van der Waals surface area contributed by atoms with Crippen LogP contribution in [0.3, 0.4) is 0 Å². The zero-order valence-corrected chi connectivity index (χ0v) is 17.3. The summed E-state index contributed by atoms with van der Waals surface area (Å²) in [5.41, 5.74) is 3.42. The van der Waals surface area contributed by atoms with Gasteiger partial charge in [-0.25, -0.2) is 13.2 Å². The van der Waals surface area contributed by atoms with Gasteiger partial charge in [0.1, 0.15) is 0 Å². The fourth-order valence-electron chi connectivity index (χ4n) is 2.52. The number of amides is 2. The molecule has 2 aromatic rings. The Bertz CT molecular complexity index is 999. The molecule has 0 aromatic heterocycles. The predicted molar refractivity (Wildman–Crippen MR) is 114 cm³/mol. The highest BCUT2D eigenvalue weighted by Gasteiger charge is 2.13. The van der Waals surface area contributed by atoms with Crippen molar-refractivity contribution in [2.24, 2.45) is 0 Å². The first kappa shape index (κ1) is 21.3. The summed E-state index contributed by atoms with van der Waals surface area (Å²) >= 11 is 0. The van der Waals surface area contributed by atoms with E-state index in [9.17, 15) is 13.2 Å². The van der Waals surface area contributed by atoms with Crippen molar-refractivity contribution >= 4 is 27.4 Å². The maximum Gasteiger partial charge on any atom is 0.319 e. The molecule has 0 saturated heterocycles. The second kappa shape index (κ2) is 8.36. The molecule has 2 rings (SSSR count). The van der Waals surface area contributed by atoms with Crippen LogP contribution in [0.5, 0.6) is 0 Å². The largest absolute Gasteiger partial charge is 0.334 e. The standard InChI is InChI=1S/C21H25N3O3S/c1-6-16-13-15(7-12-19(16)24-28(5,26)27)14-22-20(25)23-18-10-8-17(9-11-18)21(2,3)4/h1,7-13,24H,14H2,2-5H3,(H2,22,23,25). The first-order valence-corrected chi connectivity index (χ1v) is 10.6. The molecule has 2 aromatic carbocycles. The lowest BCUT2D eigenvalue weighted by Gasteiger charge is -2.19. The number of hydrogen-bond acceptors (Lipinski definition) is 3. The van der Waals surface area contributed by atoms with E-state index in [1.54, 1.807) is 18.2 Å². The number of carbonyl (C=O) groups excluding carboxylic acids is 1. The lowest BCUT2D eigenvalue weighted by atomic mass is 9.87. The van der Waals surface area contributed by atoms with E-state index in [0.717, 1.165) is 11.8 Å². The van der Waals surface area contributed by atoms with Crippen molar-refractivity contribution in [2.45, 2.75) is 32.7 Å². The SMILES string of the molecule is C#Cc1cc(CNC(=O)Nc2ccc(C(C)(C)C)cc2)ccc1NS(C)(=O)=O. The molecule has 7 heteroatoms. The number of hydrogen-bond donors (Lipinski definition) is 3. The predicted octanol–water partition coefficient (Wildman–Crippen LogP) is 3.66. The molecule has 28 heavy (non-hydrogen) atoms. The molecule has 0 aliphatic carbocycles.